The summed E-state index contributed by atoms with van der Waals surface area (Å²) in [6.07, 6.45) is 14.6. The van der Waals surface area contributed by atoms with Crippen molar-refractivity contribution in [3.8, 4) is 0 Å². The highest BCUT2D eigenvalue weighted by Gasteiger charge is 2.19. The molecule has 31 heavy (non-hydrogen) atoms. The highest BCUT2D eigenvalue weighted by atomic mass is 16.5. The molecule has 0 aromatic carbocycles. The van der Waals surface area contributed by atoms with Crippen LogP contribution >= 0.6 is 0 Å². The van der Waals surface area contributed by atoms with Crippen molar-refractivity contribution in [2.45, 2.75) is 135 Å². The highest BCUT2D eigenvalue weighted by molar-refractivity contribution is 5.69. The monoisotopic (exact) mass is 440 g/mol. The SMILES string of the molecule is C[C@@H](CC[C@H]1CCCO1)OC(=O)CCCCCCCC(=O)O[C@@H](C)CC[C@@H]1CCCO1. The molecule has 0 aliphatic carbocycles. The van der Waals surface area contributed by atoms with Gasteiger partial charge in [-0.2, -0.15) is 0 Å². The van der Waals surface area contributed by atoms with Crippen molar-refractivity contribution >= 4 is 11.9 Å². The largest absolute Gasteiger partial charge is 0.463 e. The Bertz CT molecular complexity index is 452. The molecule has 4 atom stereocenters. The average molecular weight is 441 g/mol. The maximum Gasteiger partial charge on any atom is 0.306 e. The first kappa shape index (κ1) is 26.1. The van der Waals surface area contributed by atoms with E-state index in [0.29, 0.717) is 25.0 Å². The third-order valence-corrected chi connectivity index (χ3v) is 6.27. The van der Waals surface area contributed by atoms with Gasteiger partial charge in [0.2, 0.25) is 0 Å². The van der Waals surface area contributed by atoms with Crippen molar-refractivity contribution in [1.82, 2.24) is 0 Å². The van der Waals surface area contributed by atoms with E-state index >= 15 is 0 Å². The van der Waals surface area contributed by atoms with Gasteiger partial charge < -0.3 is 18.9 Å². The molecular weight excluding hydrogens is 396 g/mol. The van der Waals surface area contributed by atoms with Crippen LogP contribution in [0.3, 0.4) is 0 Å². The van der Waals surface area contributed by atoms with Crippen molar-refractivity contribution in [3.63, 3.8) is 0 Å². The number of hydrogen-bond donors (Lipinski definition) is 0. The van der Waals surface area contributed by atoms with Crippen LogP contribution in [0.2, 0.25) is 0 Å². The summed E-state index contributed by atoms with van der Waals surface area (Å²) in [5.74, 6) is -0.194. The maximum absolute atomic E-state index is 11.9. The Balaban J connectivity index is 1.37. The lowest BCUT2D eigenvalue weighted by Crippen LogP contribution is -2.17. The van der Waals surface area contributed by atoms with Gasteiger partial charge in [0, 0.05) is 26.1 Å². The summed E-state index contributed by atoms with van der Waals surface area (Å²) in [5, 5.41) is 0. The molecule has 0 radical (unpaired) electrons. The summed E-state index contributed by atoms with van der Waals surface area (Å²) < 4.78 is 22.2. The van der Waals surface area contributed by atoms with Crippen LogP contribution in [0.4, 0.5) is 0 Å². The Labute approximate surface area is 188 Å². The van der Waals surface area contributed by atoms with E-state index in [9.17, 15) is 9.59 Å². The molecule has 6 heteroatoms. The molecular formula is C25H44O6. The first-order valence-electron chi connectivity index (χ1n) is 12.6. The van der Waals surface area contributed by atoms with E-state index in [0.717, 1.165) is 96.7 Å². The van der Waals surface area contributed by atoms with Crippen LogP contribution in [0, 0.1) is 0 Å². The minimum atomic E-state index is -0.0968. The second kappa shape index (κ2) is 15.6. The molecule has 0 amide bonds. The zero-order valence-corrected chi connectivity index (χ0v) is 19.8. The third kappa shape index (κ3) is 12.5. The van der Waals surface area contributed by atoms with Crippen LogP contribution in [-0.4, -0.2) is 49.6 Å². The predicted octanol–water partition coefficient (Wildman–Crippen LogP) is 5.50. The van der Waals surface area contributed by atoms with Gasteiger partial charge in [0.1, 0.15) is 0 Å². The van der Waals surface area contributed by atoms with Gasteiger partial charge >= 0.3 is 11.9 Å². The first-order valence-corrected chi connectivity index (χ1v) is 12.6. The molecule has 0 saturated carbocycles. The van der Waals surface area contributed by atoms with Crippen molar-refractivity contribution in [1.29, 1.82) is 0 Å². The zero-order chi connectivity index (χ0) is 22.3. The fraction of sp³-hybridized carbons (Fsp3) is 0.920. The van der Waals surface area contributed by atoms with Crippen LogP contribution in [-0.2, 0) is 28.5 Å². The van der Waals surface area contributed by atoms with Crippen molar-refractivity contribution in [3.05, 3.63) is 0 Å². The average Bonchev–Trinajstić information content (AvgIpc) is 3.44. The molecule has 2 heterocycles. The Kier molecular flexibility index (Phi) is 13.2. The Morgan fingerprint density at radius 1 is 0.742 bits per heavy atom. The van der Waals surface area contributed by atoms with Gasteiger partial charge in [0.05, 0.1) is 24.4 Å². The maximum atomic E-state index is 11.9. The first-order chi connectivity index (χ1) is 15.0. The van der Waals surface area contributed by atoms with E-state index in [1.165, 1.54) is 0 Å². The van der Waals surface area contributed by atoms with Crippen molar-refractivity contribution in [2.24, 2.45) is 0 Å². The number of esters is 2. The van der Waals surface area contributed by atoms with Crippen LogP contribution in [0.25, 0.3) is 0 Å². The number of rotatable bonds is 16. The molecule has 0 bridgehead atoms. The number of hydrogen-bond acceptors (Lipinski definition) is 6. The zero-order valence-electron chi connectivity index (χ0n) is 19.8. The summed E-state index contributed by atoms with van der Waals surface area (Å²) in [4.78, 5) is 23.9. The predicted molar refractivity (Wildman–Crippen MR) is 120 cm³/mol. The number of ether oxygens (including phenoxy) is 4. The topological polar surface area (TPSA) is 71.1 Å². The molecule has 0 aromatic rings. The van der Waals surface area contributed by atoms with Crippen LogP contribution in [0.5, 0.6) is 0 Å². The fourth-order valence-corrected chi connectivity index (χ4v) is 4.34. The lowest BCUT2D eigenvalue weighted by molar-refractivity contribution is -0.149. The number of carbonyl (C=O) groups is 2. The Morgan fingerprint density at radius 2 is 1.16 bits per heavy atom. The molecule has 0 aromatic heterocycles. The second-order valence-electron chi connectivity index (χ2n) is 9.29. The molecule has 2 saturated heterocycles. The molecule has 6 nitrogen and oxygen atoms in total. The van der Waals surface area contributed by atoms with Crippen LogP contribution in [0.1, 0.15) is 110 Å². The normalized spacial score (nSPS) is 22.9. The van der Waals surface area contributed by atoms with Gasteiger partial charge in [-0.25, -0.2) is 0 Å². The smallest absolute Gasteiger partial charge is 0.306 e. The quantitative estimate of drug-likeness (QED) is 0.233. The van der Waals surface area contributed by atoms with E-state index in [1.807, 2.05) is 13.8 Å². The molecule has 0 N–H and O–H groups in total. The van der Waals surface area contributed by atoms with E-state index in [2.05, 4.69) is 0 Å². The van der Waals surface area contributed by atoms with Crippen LogP contribution in [0.15, 0.2) is 0 Å². The van der Waals surface area contributed by atoms with Crippen molar-refractivity contribution < 1.29 is 28.5 Å². The Hall–Kier alpha value is -1.14. The summed E-state index contributed by atoms with van der Waals surface area (Å²) in [7, 11) is 0. The summed E-state index contributed by atoms with van der Waals surface area (Å²) in [6, 6.07) is 0. The minimum absolute atomic E-state index is 0.0317. The van der Waals surface area contributed by atoms with Gasteiger partial charge in [-0.05, 0) is 78.1 Å². The molecule has 2 fully saturated rings. The summed E-state index contributed by atoms with van der Waals surface area (Å²) >= 11 is 0. The van der Waals surface area contributed by atoms with E-state index < -0.39 is 0 Å². The number of carbonyl (C=O) groups excluding carboxylic acids is 2. The highest BCUT2D eigenvalue weighted by Crippen LogP contribution is 2.20. The lowest BCUT2D eigenvalue weighted by Gasteiger charge is -2.16. The van der Waals surface area contributed by atoms with E-state index in [1.54, 1.807) is 0 Å². The van der Waals surface area contributed by atoms with E-state index in [4.69, 9.17) is 18.9 Å². The lowest BCUT2D eigenvalue weighted by atomic mass is 10.1. The van der Waals surface area contributed by atoms with Gasteiger partial charge in [0.15, 0.2) is 0 Å². The standard InChI is InChI=1S/C25H44O6/c1-20(14-16-22-10-8-18-28-22)30-24(26)12-6-4-3-5-7-13-25(27)31-21(2)15-17-23-11-9-19-29-23/h20-23H,3-19H2,1-2H3/t20-,21-,22-,23+/m0/s1. The van der Waals surface area contributed by atoms with Crippen LogP contribution < -0.4 is 0 Å². The Morgan fingerprint density at radius 3 is 1.55 bits per heavy atom. The van der Waals surface area contributed by atoms with Gasteiger partial charge in [0.25, 0.3) is 0 Å². The summed E-state index contributed by atoms with van der Waals surface area (Å²) in [5.41, 5.74) is 0. The summed E-state index contributed by atoms with van der Waals surface area (Å²) in [6.45, 7) is 5.68. The third-order valence-electron chi connectivity index (χ3n) is 6.27. The van der Waals surface area contributed by atoms with E-state index in [-0.39, 0.29) is 24.1 Å². The van der Waals surface area contributed by atoms with Gasteiger partial charge in [-0.1, -0.05) is 19.3 Å². The molecule has 2 rings (SSSR count). The number of unbranched alkanes of at least 4 members (excludes halogenated alkanes) is 4. The van der Waals surface area contributed by atoms with Gasteiger partial charge in [-0.15, -0.1) is 0 Å². The van der Waals surface area contributed by atoms with Crippen molar-refractivity contribution in [2.75, 3.05) is 13.2 Å². The second-order valence-corrected chi connectivity index (χ2v) is 9.29. The minimum Gasteiger partial charge on any atom is -0.463 e. The molecule has 0 spiro atoms. The molecule has 180 valence electrons. The van der Waals surface area contributed by atoms with Gasteiger partial charge in [-0.3, -0.25) is 9.59 Å². The molecule has 2 aliphatic heterocycles. The fourth-order valence-electron chi connectivity index (χ4n) is 4.34. The molecule has 0 unspecified atom stereocenters. The molecule has 2 aliphatic rings.